The van der Waals surface area contributed by atoms with Gasteiger partial charge in [-0.2, -0.15) is 0 Å². The van der Waals surface area contributed by atoms with Crippen molar-refractivity contribution >= 4 is 29.3 Å². The molecule has 1 aromatic carbocycles. The quantitative estimate of drug-likeness (QED) is 0.943. The molecule has 0 radical (unpaired) electrons. The Bertz CT molecular complexity index is 645. The number of nitrogens with one attached hydrogen (secondary N) is 1. The minimum absolute atomic E-state index is 0. The molecule has 0 bridgehead atoms. The Labute approximate surface area is 137 Å². The van der Waals surface area contributed by atoms with Crippen molar-refractivity contribution in [1.82, 2.24) is 10.2 Å². The van der Waals surface area contributed by atoms with Crippen LogP contribution in [0.15, 0.2) is 28.7 Å². The fourth-order valence-electron chi connectivity index (χ4n) is 3.05. The molecular formula is C17H23ClN2O2. The number of rotatable bonds is 3. The molecule has 0 atom stereocenters. The normalized spacial score (nSPS) is 15.8. The van der Waals surface area contributed by atoms with Gasteiger partial charge in [0.25, 0.3) is 5.91 Å². The van der Waals surface area contributed by atoms with Crippen molar-refractivity contribution in [3.05, 3.63) is 35.6 Å². The van der Waals surface area contributed by atoms with Gasteiger partial charge in [0, 0.05) is 18.5 Å². The lowest BCUT2D eigenvalue weighted by Gasteiger charge is -2.31. The Kier molecular flexibility index (Phi) is 5.48. The van der Waals surface area contributed by atoms with E-state index in [9.17, 15) is 4.79 Å². The molecule has 1 aliphatic heterocycles. The molecule has 120 valence electrons. The van der Waals surface area contributed by atoms with Gasteiger partial charge < -0.3 is 14.6 Å². The summed E-state index contributed by atoms with van der Waals surface area (Å²) in [6.07, 6.45) is 2.12. The topological polar surface area (TPSA) is 45.5 Å². The second-order valence-electron chi connectivity index (χ2n) is 5.95. The van der Waals surface area contributed by atoms with Crippen molar-refractivity contribution < 1.29 is 9.21 Å². The molecule has 1 aromatic heterocycles. The molecule has 1 N–H and O–H groups in total. The number of carbonyl (C=O) groups excluding carboxylic acids is 1. The Hall–Kier alpha value is -1.52. The zero-order valence-electron chi connectivity index (χ0n) is 13.1. The molecule has 2 heterocycles. The van der Waals surface area contributed by atoms with E-state index in [1.165, 1.54) is 5.56 Å². The zero-order valence-corrected chi connectivity index (χ0v) is 13.9. The number of halogens is 1. The lowest BCUT2D eigenvalue weighted by molar-refractivity contribution is 0.0661. The zero-order chi connectivity index (χ0) is 14.8. The molecule has 0 aliphatic carbocycles. The van der Waals surface area contributed by atoms with Crippen LogP contribution >= 0.6 is 12.4 Å². The van der Waals surface area contributed by atoms with Gasteiger partial charge in [0.2, 0.25) is 0 Å². The lowest BCUT2D eigenvalue weighted by Crippen LogP contribution is -2.40. The summed E-state index contributed by atoms with van der Waals surface area (Å²) in [6, 6.07) is 7.85. The molecule has 5 heteroatoms. The third-order valence-electron chi connectivity index (χ3n) is 4.28. The molecule has 1 amide bonds. The second-order valence-corrected chi connectivity index (χ2v) is 5.95. The van der Waals surface area contributed by atoms with Crippen LogP contribution in [-0.2, 0) is 0 Å². The molecule has 4 nitrogen and oxygen atoms in total. The summed E-state index contributed by atoms with van der Waals surface area (Å²) in [6.45, 7) is 4.72. The van der Waals surface area contributed by atoms with Gasteiger partial charge in [0.15, 0.2) is 5.76 Å². The Morgan fingerprint density at radius 2 is 2.05 bits per heavy atom. The molecule has 1 aliphatic rings. The summed E-state index contributed by atoms with van der Waals surface area (Å²) in [5, 5.41) is 4.22. The van der Waals surface area contributed by atoms with Crippen LogP contribution in [0.1, 0.15) is 29.0 Å². The predicted molar refractivity (Wildman–Crippen MR) is 90.8 cm³/mol. The molecule has 0 unspecified atom stereocenters. The number of hydrogen-bond donors (Lipinski definition) is 1. The lowest BCUT2D eigenvalue weighted by atomic mass is 9.97. The van der Waals surface area contributed by atoms with Crippen LogP contribution in [0.3, 0.4) is 0 Å². The van der Waals surface area contributed by atoms with Gasteiger partial charge in [0.1, 0.15) is 5.58 Å². The van der Waals surface area contributed by atoms with Gasteiger partial charge >= 0.3 is 0 Å². The van der Waals surface area contributed by atoms with E-state index in [0.717, 1.165) is 43.4 Å². The van der Waals surface area contributed by atoms with Gasteiger partial charge in [-0.15, -0.1) is 12.4 Å². The van der Waals surface area contributed by atoms with Gasteiger partial charge in [-0.25, -0.2) is 0 Å². The van der Waals surface area contributed by atoms with Crippen LogP contribution in [0.2, 0.25) is 0 Å². The number of amides is 1. The molecule has 3 rings (SSSR count). The summed E-state index contributed by atoms with van der Waals surface area (Å²) in [5.74, 6) is 1.16. The number of benzene rings is 1. The summed E-state index contributed by atoms with van der Waals surface area (Å²) in [4.78, 5) is 14.4. The highest BCUT2D eigenvalue weighted by Crippen LogP contribution is 2.24. The van der Waals surface area contributed by atoms with Crippen LogP contribution in [0, 0.1) is 12.8 Å². The van der Waals surface area contributed by atoms with E-state index in [2.05, 4.69) is 11.4 Å². The van der Waals surface area contributed by atoms with Crippen LogP contribution in [-0.4, -0.2) is 37.5 Å². The molecule has 22 heavy (non-hydrogen) atoms. The largest absolute Gasteiger partial charge is 0.451 e. The first-order chi connectivity index (χ1) is 10.2. The molecule has 0 saturated carbocycles. The first-order valence-corrected chi connectivity index (χ1v) is 7.61. The van der Waals surface area contributed by atoms with E-state index >= 15 is 0 Å². The number of nitrogens with zero attached hydrogens (tertiary/aromatic N) is 1. The number of carbonyl (C=O) groups is 1. The van der Waals surface area contributed by atoms with Crippen molar-refractivity contribution in [3.63, 3.8) is 0 Å². The number of aryl methyl sites for hydroxylation is 1. The first kappa shape index (κ1) is 16.8. The average molecular weight is 323 g/mol. The number of piperidine rings is 1. The molecule has 1 fully saturated rings. The summed E-state index contributed by atoms with van der Waals surface area (Å²) < 4.78 is 5.71. The van der Waals surface area contributed by atoms with Crippen LogP contribution < -0.4 is 5.32 Å². The predicted octanol–water partition coefficient (Wildman–Crippen LogP) is 3.23. The molecule has 1 saturated heterocycles. The van der Waals surface area contributed by atoms with Gasteiger partial charge in [-0.1, -0.05) is 11.6 Å². The molecule has 0 spiro atoms. The van der Waals surface area contributed by atoms with Gasteiger partial charge in [-0.3, -0.25) is 4.79 Å². The molecule has 2 aromatic rings. The Morgan fingerprint density at radius 1 is 1.32 bits per heavy atom. The Balaban J connectivity index is 0.00000176. The minimum atomic E-state index is 0. The van der Waals surface area contributed by atoms with Gasteiger partial charge in [0.05, 0.1) is 0 Å². The fraction of sp³-hybridized carbons (Fsp3) is 0.471. The highest BCUT2D eigenvalue weighted by molar-refractivity contribution is 5.96. The van der Waals surface area contributed by atoms with Crippen LogP contribution in [0.5, 0.6) is 0 Å². The number of furan rings is 1. The summed E-state index contributed by atoms with van der Waals surface area (Å²) in [5.41, 5.74) is 1.96. The highest BCUT2D eigenvalue weighted by atomic mass is 35.5. The number of fused-ring (bicyclic) bond motifs is 1. The maximum atomic E-state index is 12.5. The van der Waals surface area contributed by atoms with E-state index in [4.69, 9.17) is 4.42 Å². The van der Waals surface area contributed by atoms with E-state index in [1.807, 2.05) is 37.1 Å². The van der Waals surface area contributed by atoms with Crippen molar-refractivity contribution in [2.24, 2.45) is 5.92 Å². The first-order valence-electron chi connectivity index (χ1n) is 7.61. The van der Waals surface area contributed by atoms with Crippen molar-refractivity contribution in [1.29, 1.82) is 0 Å². The number of hydrogen-bond acceptors (Lipinski definition) is 3. The second kappa shape index (κ2) is 7.16. The summed E-state index contributed by atoms with van der Waals surface area (Å²) in [7, 11) is 1.98. The maximum Gasteiger partial charge on any atom is 0.289 e. The van der Waals surface area contributed by atoms with E-state index in [-0.39, 0.29) is 18.3 Å². The van der Waals surface area contributed by atoms with Crippen LogP contribution in [0.4, 0.5) is 0 Å². The number of likely N-dealkylation sites (tertiary alicyclic amines) is 1. The van der Waals surface area contributed by atoms with E-state index in [0.29, 0.717) is 11.7 Å². The van der Waals surface area contributed by atoms with E-state index < -0.39 is 0 Å². The smallest absolute Gasteiger partial charge is 0.289 e. The van der Waals surface area contributed by atoms with Crippen molar-refractivity contribution in [2.75, 3.05) is 26.7 Å². The summed E-state index contributed by atoms with van der Waals surface area (Å²) >= 11 is 0. The fourth-order valence-corrected chi connectivity index (χ4v) is 3.05. The monoisotopic (exact) mass is 322 g/mol. The standard InChI is InChI=1S/C17H22N2O2.ClH/c1-12-3-4-15-14(9-12)10-16(21-15)17(20)19-7-5-13(6-8-19)11-18-2;/h3-4,9-10,13,18H,5-8,11H2,1-2H3;1H. The van der Waals surface area contributed by atoms with Crippen molar-refractivity contribution in [2.45, 2.75) is 19.8 Å². The van der Waals surface area contributed by atoms with Gasteiger partial charge in [-0.05, 0) is 57.5 Å². The van der Waals surface area contributed by atoms with E-state index in [1.54, 1.807) is 0 Å². The maximum absolute atomic E-state index is 12.5. The third kappa shape index (κ3) is 3.45. The molecular weight excluding hydrogens is 300 g/mol. The van der Waals surface area contributed by atoms with Crippen LogP contribution in [0.25, 0.3) is 11.0 Å². The minimum Gasteiger partial charge on any atom is -0.451 e. The SMILES string of the molecule is CNCC1CCN(C(=O)c2cc3cc(C)ccc3o2)CC1.Cl. The Morgan fingerprint density at radius 3 is 2.73 bits per heavy atom. The highest BCUT2D eigenvalue weighted by Gasteiger charge is 2.25. The third-order valence-corrected chi connectivity index (χ3v) is 4.28. The average Bonchev–Trinajstić information content (AvgIpc) is 2.90. The van der Waals surface area contributed by atoms with Crippen molar-refractivity contribution in [3.8, 4) is 0 Å².